The number of methoxy groups -OCH3 is 1. The summed E-state index contributed by atoms with van der Waals surface area (Å²) in [5, 5.41) is 2.81. The quantitative estimate of drug-likeness (QED) is 0.688. The predicted molar refractivity (Wildman–Crippen MR) is 134 cm³/mol. The summed E-state index contributed by atoms with van der Waals surface area (Å²) in [4.78, 5) is 29.1. The summed E-state index contributed by atoms with van der Waals surface area (Å²) < 4.78 is 26.4. The van der Waals surface area contributed by atoms with Crippen LogP contribution < -0.4 is 10.1 Å². The molecule has 0 unspecified atom stereocenters. The molecule has 7 nitrogen and oxygen atoms in total. The molecule has 0 fully saturated rings. The molecule has 0 aliphatic carbocycles. The lowest BCUT2D eigenvalue weighted by atomic mass is 10.0. The molecule has 2 aromatic carbocycles. The predicted octanol–water partition coefficient (Wildman–Crippen LogP) is 4.18. The minimum atomic E-state index is -0.236. The van der Waals surface area contributed by atoms with Gasteiger partial charge in [-0.25, -0.2) is 4.39 Å². The molecule has 2 aromatic rings. The molecule has 1 aliphatic heterocycles. The van der Waals surface area contributed by atoms with Gasteiger partial charge in [-0.1, -0.05) is 32.0 Å². The fraction of sp³-hybridized carbons (Fsp3) is 0.481. The third kappa shape index (κ3) is 6.80. The van der Waals surface area contributed by atoms with E-state index in [4.69, 9.17) is 9.47 Å². The second-order valence-electron chi connectivity index (χ2n) is 9.23. The lowest BCUT2D eigenvalue weighted by Crippen LogP contribution is -2.46. The molecule has 2 amide bonds. The lowest BCUT2D eigenvalue weighted by molar-refractivity contribution is -0.115. The Labute approximate surface area is 207 Å². The number of anilines is 1. The molecule has 1 heterocycles. The van der Waals surface area contributed by atoms with Crippen LogP contribution >= 0.6 is 0 Å². The molecule has 0 spiro atoms. The first-order valence-corrected chi connectivity index (χ1v) is 12.1. The first-order valence-electron chi connectivity index (χ1n) is 12.1. The van der Waals surface area contributed by atoms with Crippen LogP contribution in [-0.2, 0) is 16.1 Å². The number of hydrogen-bond donors (Lipinski definition) is 1. The van der Waals surface area contributed by atoms with E-state index in [0.29, 0.717) is 55.2 Å². The van der Waals surface area contributed by atoms with Crippen LogP contribution in [0.3, 0.4) is 0 Å². The number of carbonyl (C=O) groups excluding carboxylic acids is 2. The minimum absolute atomic E-state index is 0.0610. The molecule has 1 aliphatic rings. The number of fused-ring (bicyclic) bond motifs is 1. The molecule has 3 atom stereocenters. The Morgan fingerprint density at radius 2 is 1.94 bits per heavy atom. The van der Waals surface area contributed by atoms with Gasteiger partial charge in [0.25, 0.3) is 5.91 Å². The monoisotopic (exact) mass is 485 g/mol. The van der Waals surface area contributed by atoms with E-state index in [0.717, 1.165) is 0 Å². The fourth-order valence-electron chi connectivity index (χ4n) is 4.24. The zero-order valence-corrected chi connectivity index (χ0v) is 21.2. The number of benzene rings is 2. The van der Waals surface area contributed by atoms with E-state index >= 15 is 0 Å². The second-order valence-corrected chi connectivity index (χ2v) is 9.23. The molecule has 8 heteroatoms. The van der Waals surface area contributed by atoms with Gasteiger partial charge < -0.3 is 19.7 Å². The number of carbonyl (C=O) groups is 2. The van der Waals surface area contributed by atoms with Gasteiger partial charge in [0.05, 0.1) is 11.7 Å². The van der Waals surface area contributed by atoms with Gasteiger partial charge in [0.15, 0.2) is 0 Å². The van der Waals surface area contributed by atoms with Crippen molar-refractivity contribution in [3.8, 4) is 5.75 Å². The van der Waals surface area contributed by atoms with Crippen LogP contribution in [0, 0.1) is 11.7 Å². The van der Waals surface area contributed by atoms with E-state index in [2.05, 4.69) is 17.1 Å². The molecular weight excluding hydrogens is 449 g/mol. The van der Waals surface area contributed by atoms with Crippen LogP contribution in [0.5, 0.6) is 5.75 Å². The molecule has 3 rings (SSSR count). The molecule has 0 bridgehead atoms. The van der Waals surface area contributed by atoms with Crippen LogP contribution in [0.4, 0.5) is 10.1 Å². The Kier molecular flexibility index (Phi) is 9.23. The van der Waals surface area contributed by atoms with Gasteiger partial charge in [-0.3, -0.25) is 14.5 Å². The van der Waals surface area contributed by atoms with Crippen molar-refractivity contribution in [2.45, 2.75) is 45.9 Å². The average Bonchev–Trinajstić information content (AvgIpc) is 2.85. The van der Waals surface area contributed by atoms with Crippen LogP contribution in [0.25, 0.3) is 0 Å². The average molecular weight is 486 g/mol. The first kappa shape index (κ1) is 26.6. The number of nitrogens with zero attached hydrogens (tertiary/aromatic N) is 2. The SMILES string of the molecule is CCC(=O)Nc1ccc2c(c1)C(=O)N(C)C[C@H](OC)[C@H](C)CN(Cc1ccccc1F)[C@@H](C)CO2. The highest BCUT2D eigenvalue weighted by Gasteiger charge is 2.29. The van der Waals surface area contributed by atoms with Crippen molar-refractivity contribution in [2.75, 3.05) is 39.2 Å². The number of halogens is 1. The van der Waals surface area contributed by atoms with E-state index in [1.807, 2.05) is 13.0 Å². The van der Waals surface area contributed by atoms with Crippen molar-refractivity contribution >= 4 is 17.5 Å². The highest BCUT2D eigenvalue weighted by atomic mass is 19.1. The molecule has 0 saturated carbocycles. The van der Waals surface area contributed by atoms with Crippen molar-refractivity contribution in [1.82, 2.24) is 9.80 Å². The number of hydrogen-bond acceptors (Lipinski definition) is 5. The Hall–Kier alpha value is -2.97. The van der Waals surface area contributed by atoms with Crippen molar-refractivity contribution in [3.63, 3.8) is 0 Å². The standard InChI is InChI=1S/C27H36FN3O4/c1-6-26(32)29-21-11-12-24-22(13-21)27(33)30(4)16-25(34-5)18(2)14-31(19(3)17-35-24)15-20-9-7-8-10-23(20)28/h7-13,18-19,25H,6,14-17H2,1-5H3,(H,29,32)/t18-,19+,25+/m1/s1. The third-order valence-corrected chi connectivity index (χ3v) is 6.51. The Bertz CT molecular complexity index is 1030. The van der Waals surface area contributed by atoms with Crippen molar-refractivity contribution < 1.29 is 23.5 Å². The third-order valence-electron chi connectivity index (χ3n) is 6.51. The topological polar surface area (TPSA) is 71.1 Å². The van der Waals surface area contributed by atoms with Crippen molar-refractivity contribution in [3.05, 3.63) is 59.4 Å². The molecule has 0 aromatic heterocycles. The number of amides is 2. The Morgan fingerprint density at radius 3 is 2.63 bits per heavy atom. The maximum Gasteiger partial charge on any atom is 0.257 e. The molecule has 0 radical (unpaired) electrons. The van der Waals surface area contributed by atoms with Crippen LogP contribution in [0.15, 0.2) is 42.5 Å². The van der Waals surface area contributed by atoms with E-state index in [1.165, 1.54) is 6.07 Å². The summed E-state index contributed by atoms with van der Waals surface area (Å²) in [6.45, 7) is 7.64. The second kappa shape index (κ2) is 12.1. The van der Waals surface area contributed by atoms with Crippen LogP contribution in [-0.4, -0.2) is 67.6 Å². The maximum atomic E-state index is 14.4. The Morgan fingerprint density at radius 1 is 1.20 bits per heavy atom. The van der Waals surface area contributed by atoms with Gasteiger partial charge in [0.1, 0.15) is 18.2 Å². The zero-order chi connectivity index (χ0) is 25.5. The highest BCUT2D eigenvalue weighted by molar-refractivity contribution is 5.99. The summed E-state index contributed by atoms with van der Waals surface area (Å²) in [5.74, 6) is -0.0704. The molecule has 190 valence electrons. The van der Waals surface area contributed by atoms with E-state index in [1.54, 1.807) is 56.3 Å². The summed E-state index contributed by atoms with van der Waals surface area (Å²) in [6.07, 6.45) is 0.121. The zero-order valence-electron chi connectivity index (χ0n) is 21.2. The van der Waals surface area contributed by atoms with Gasteiger partial charge >= 0.3 is 0 Å². The number of ether oxygens (including phenoxy) is 2. The number of nitrogens with one attached hydrogen (secondary N) is 1. The summed E-state index contributed by atoms with van der Waals surface area (Å²) in [6, 6.07) is 11.8. The van der Waals surface area contributed by atoms with Gasteiger partial charge in [-0.05, 0) is 37.1 Å². The fourth-order valence-corrected chi connectivity index (χ4v) is 4.24. The minimum Gasteiger partial charge on any atom is -0.491 e. The van der Waals surface area contributed by atoms with Gasteiger partial charge in [0, 0.05) is 57.5 Å². The van der Waals surface area contributed by atoms with Gasteiger partial charge in [-0.15, -0.1) is 0 Å². The number of rotatable bonds is 5. The first-order chi connectivity index (χ1) is 16.7. The summed E-state index contributed by atoms with van der Waals surface area (Å²) >= 11 is 0. The normalized spacial score (nSPS) is 21.9. The summed E-state index contributed by atoms with van der Waals surface area (Å²) in [5.41, 5.74) is 1.54. The smallest absolute Gasteiger partial charge is 0.257 e. The number of likely N-dealkylation sites (N-methyl/N-ethyl adjacent to an activating group) is 1. The van der Waals surface area contributed by atoms with Crippen molar-refractivity contribution in [1.29, 1.82) is 0 Å². The molecular formula is C27H36FN3O4. The summed E-state index contributed by atoms with van der Waals surface area (Å²) in [7, 11) is 3.37. The maximum absolute atomic E-state index is 14.4. The van der Waals surface area contributed by atoms with Crippen LogP contribution in [0.2, 0.25) is 0 Å². The molecule has 35 heavy (non-hydrogen) atoms. The largest absolute Gasteiger partial charge is 0.491 e. The van der Waals surface area contributed by atoms with Gasteiger partial charge in [0.2, 0.25) is 5.91 Å². The van der Waals surface area contributed by atoms with E-state index in [-0.39, 0.29) is 35.7 Å². The van der Waals surface area contributed by atoms with Gasteiger partial charge in [-0.2, -0.15) is 0 Å². The van der Waals surface area contributed by atoms with Crippen LogP contribution in [0.1, 0.15) is 43.1 Å². The molecule has 0 saturated heterocycles. The van der Waals surface area contributed by atoms with E-state index in [9.17, 15) is 14.0 Å². The van der Waals surface area contributed by atoms with Crippen molar-refractivity contribution in [2.24, 2.45) is 5.92 Å². The Balaban J connectivity index is 1.95. The molecule has 1 N–H and O–H groups in total. The lowest BCUT2D eigenvalue weighted by Gasteiger charge is -2.36. The van der Waals surface area contributed by atoms with E-state index < -0.39 is 0 Å². The highest BCUT2D eigenvalue weighted by Crippen LogP contribution is 2.27.